The number of rotatable bonds is 8. The molecule has 9 heteroatoms. The van der Waals surface area contributed by atoms with Gasteiger partial charge in [0.15, 0.2) is 0 Å². The number of pyridine rings is 1. The predicted molar refractivity (Wildman–Crippen MR) is 172 cm³/mol. The second kappa shape index (κ2) is 16.3. The molecule has 4 rings (SSSR count). The molecule has 2 aromatic carbocycles. The first-order chi connectivity index (χ1) is 21.2. The van der Waals surface area contributed by atoms with E-state index in [4.69, 9.17) is 9.47 Å². The zero-order chi connectivity index (χ0) is 31.5. The summed E-state index contributed by atoms with van der Waals surface area (Å²) in [6.07, 6.45) is 5.51. The maximum atomic E-state index is 14.3. The Bertz CT molecular complexity index is 1340. The van der Waals surface area contributed by atoms with E-state index >= 15 is 0 Å². The lowest BCUT2D eigenvalue weighted by molar-refractivity contribution is -0.0177. The minimum Gasteiger partial charge on any atom is -0.490 e. The summed E-state index contributed by atoms with van der Waals surface area (Å²) in [5, 5.41) is 13.1. The molecule has 0 radical (unpaired) electrons. The highest BCUT2D eigenvalue weighted by atomic mass is 16.5. The van der Waals surface area contributed by atoms with Crippen LogP contribution in [0, 0.1) is 5.92 Å². The summed E-state index contributed by atoms with van der Waals surface area (Å²) in [6, 6.07) is 18.3. The Morgan fingerprint density at radius 3 is 2.59 bits per heavy atom. The van der Waals surface area contributed by atoms with Crippen molar-refractivity contribution in [3.8, 4) is 5.75 Å². The van der Waals surface area contributed by atoms with E-state index in [1.54, 1.807) is 47.6 Å². The number of nitrogens with one attached hydrogen (secondary N) is 1. The van der Waals surface area contributed by atoms with E-state index in [-0.39, 0.29) is 36.5 Å². The molecule has 1 aromatic heterocycles. The molecule has 2 heterocycles. The van der Waals surface area contributed by atoms with Gasteiger partial charge in [0.1, 0.15) is 5.75 Å². The molecule has 0 unspecified atom stereocenters. The molecule has 44 heavy (non-hydrogen) atoms. The van der Waals surface area contributed by atoms with Crippen LogP contribution in [-0.2, 0) is 11.3 Å². The zero-order valence-electron chi connectivity index (χ0n) is 26.3. The van der Waals surface area contributed by atoms with Gasteiger partial charge >= 0.3 is 0 Å². The third-order valence-corrected chi connectivity index (χ3v) is 8.04. The summed E-state index contributed by atoms with van der Waals surface area (Å²) < 4.78 is 12.8. The van der Waals surface area contributed by atoms with Crippen molar-refractivity contribution >= 4 is 17.5 Å². The van der Waals surface area contributed by atoms with Crippen molar-refractivity contribution in [2.75, 3.05) is 38.7 Å². The standard InChI is InChI=1S/C35H46N4O5/c1-25-21-39(26(2)24-40)35(42)31-20-30(37-34(41)29-15-17-36-18-16-29)13-14-32(31)44-27(3)10-8-9-19-43-33(25)23-38(4)22-28-11-6-5-7-12-28/h5-7,11-18,20,25-27,33,40H,8-10,19,21-24H2,1-4H3,(H,37,41)/t25-,26-,27-,33+/m0/s1. The Balaban J connectivity index is 1.61. The third kappa shape index (κ3) is 9.35. The van der Waals surface area contributed by atoms with E-state index in [9.17, 15) is 14.7 Å². The summed E-state index contributed by atoms with van der Waals surface area (Å²) in [5.74, 6) is -0.135. The minimum atomic E-state index is -0.444. The molecule has 0 fully saturated rings. The van der Waals surface area contributed by atoms with Gasteiger partial charge in [-0.1, -0.05) is 37.3 Å². The molecule has 9 nitrogen and oxygen atoms in total. The number of aliphatic hydroxyl groups excluding tert-OH is 1. The number of fused-ring (bicyclic) bond motifs is 1. The van der Waals surface area contributed by atoms with Gasteiger partial charge in [0.25, 0.3) is 11.8 Å². The molecular formula is C35H46N4O5. The van der Waals surface area contributed by atoms with E-state index < -0.39 is 6.04 Å². The number of likely N-dealkylation sites (N-methyl/N-ethyl adjacent to an activating group) is 1. The molecular weight excluding hydrogens is 556 g/mol. The topological polar surface area (TPSA) is 104 Å². The van der Waals surface area contributed by atoms with Crippen molar-refractivity contribution in [3.63, 3.8) is 0 Å². The SMILES string of the molecule is C[C@H]1CCCCO[C@H](CN(C)Cc2ccccc2)[C@@H](C)CN([C@@H](C)CO)C(=O)c2cc(NC(=O)c3ccncc3)ccc2O1. The molecule has 0 aliphatic carbocycles. The lowest BCUT2D eigenvalue weighted by atomic mass is 10.0. The molecule has 3 aromatic rings. The normalized spacial score (nSPS) is 20.7. The van der Waals surface area contributed by atoms with Gasteiger partial charge in [0, 0.05) is 55.8 Å². The quantitative estimate of drug-likeness (QED) is 0.363. The maximum absolute atomic E-state index is 14.3. The number of carbonyl (C=O) groups is 2. The number of anilines is 1. The molecule has 2 amide bonds. The smallest absolute Gasteiger partial charge is 0.258 e. The average molecular weight is 603 g/mol. The van der Waals surface area contributed by atoms with E-state index in [0.29, 0.717) is 42.3 Å². The molecule has 236 valence electrons. The second-order valence-electron chi connectivity index (χ2n) is 11.9. The average Bonchev–Trinajstić information content (AvgIpc) is 3.03. The first-order valence-electron chi connectivity index (χ1n) is 15.5. The Hall–Kier alpha value is -3.79. The van der Waals surface area contributed by atoms with Crippen LogP contribution in [0.15, 0.2) is 73.1 Å². The van der Waals surface area contributed by atoms with Crippen LogP contribution in [-0.4, -0.2) is 83.3 Å². The van der Waals surface area contributed by atoms with Gasteiger partial charge in [-0.25, -0.2) is 0 Å². The lowest BCUT2D eigenvalue weighted by Gasteiger charge is -2.36. The van der Waals surface area contributed by atoms with Crippen LogP contribution in [0.2, 0.25) is 0 Å². The molecule has 0 spiro atoms. The van der Waals surface area contributed by atoms with Gasteiger partial charge < -0.3 is 24.8 Å². The number of carbonyl (C=O) groups excluding carboxylic acids is 2. The number of ether oxygens (including phenoxy) is 2. The molecule has 2 N–H and O–H groups in total. The van der Waals surface area contributed by atoms with Crippen molar-refractivity contribution < 1.29 is 24.2 Å². The van der Waals surface area contributed by atoms with Gasteiger partial charge in [-0.2, -0.15) is 0 Å². The Labute approximate surface area is 261 Å². The van der Waals surface area contributed by atoms with Gasteiger partial charge in [0.2, 0.25) is 0 Å². The Morgan fingerprint density at radius 1 is 1.11 bits per heavy atom. The van der Waals surface area contributed by atoms with Gasteiger partial charge in [-0.15, -0.1) is 0 Å². The molecule has 0 bridgehead atoms. The second-order valence-corrected chi connectivity index (χ2v) is 11.9. The maximum Gasteiger partial charge on any atom is 0.258 e. The van der Waals surface area contributed by atoms with E-state index in [2.05, 4.69) is 41.3 Å². The highest BCUT2D eigenvalue weighted by molar-refractivity contribution is 6.05. The largest absolute Gasteiger partial charge is 0.490 e. The number of hydrogen-bond donors (Lipinski definition) is 2. The zero-order valence-corrected chi connectivity index (χ0v) is 26.3. The fourth-order valence-electron chi connectivity index (χ4n) is 5.44. The Kier molecular flexibility index (Phi) is 12.3. The van der Waals surface area contributed by atoms with Crippen molar-refractivity contribution in [2.24, 2.45) is 5.92 Å². The van der Waals surface area contributed by atoms with Crippen LogP contribution in [0.3, 0.4) is 0 Å². The predicted octanol–water partition coefficient (Wildman–Crippen LogP) is 5.26. The number of hydrogen-bond acceptors (Lipinski definition) is 7. The highest BCUT2D eigenvalue weighted by Gasteiger charge is 2.30. The fourth-order valence-corrected chi connectivity index (χ4v) is 5.44. The summed E-state index contributed by atoms with van der Waals surface area (Å²) in [4.78, 5) is 35.1. The number of aromatic nitrogens is 1. The molecule has 1 aliphatic heterocycles. The van der Waals surface area contributed by atoms with Crippen LogP contribution in [0.5, 0.6) is 5.75 Å². The molecule has 0 saturated heterocycles. The van der Waals surface area contributed by atoms with Gasteiger partial charge in [-0.05, 0) is 76.1 Å². The number of benzene rings is 2. The molecule has 4 atom stereocenters. The monoisotopic (exact) mass is 602 g/mol. The van der Waals surface area contributed by atoms with Crippen molar-refractivity contribution in [3.05, 3.63) is 89.7 Å². The van der Waals surface area contributed by atoms with E-state index in [0.717, 1.165) is 25.8 Å². The molecule has 1 aliphatic rings. The summed E-state index contributed by atoms with van der Waals surface area (Å²) in [5.41, 5.74) is 2.51. The van der Waals surface area contributed by atoms with Gasteiger partial charge in [0.05, 0.1) is 30.4 Å². The fraction of sp³-hybridized carbons (Fsp3) is 0.457. The van der Waals surface area contributed by atoms with Crippen LogP contribution in [0.1, 0.15) is 66.3 Å². The van der Waals surface area contributed by atoms with Crippen LogP contribution in [0.4, 0.5) is 5.69 Å². The highest BCUT2D eigenvalue weighted by Crippen LogP contribution is 2.29. The minimum absolute atomic E-state index is 0.0213. The first kappa shape index (κ1) is 33.1. The summed E-state index contributed by atoms with van der Waals surface area (Å²) >= 11 is 0. The Morgan fingerprint density at radius 2 is 1.86 bits per heavy atom. The van der Waals surface area contributed by atoms with E-state index in [1.807, 2.05) is 32.0 Å². The number of nitrogens with zero attached hydrogens (tertiary/aromatic N) is 3. The van der Waals surface area contributed by atoms with Gasteiger partial charge in [-0.3, -0.25) is 19.5 Å². The van der Waals surface area contributed by atoms with Crippen LogP contribution >= 0.6 is 0 Å². The molecule has 0 saturated carbocycles. The number of aliphatic hydroxyl groups is 1. The van der Waals surface area contributed by atoms with Crippen molar-refractivity contribution in [2.45, 2.75) is 64.8 Å². The van der Waals surface area contributed by atoms with Crippen molar-refractivity contribution in [1.29, 1.82) is 0 Å². The first-order valence-corrected chi connectivity index (χ1v) is 15.5. The van der Waals surface area contributed by atoms with Crippen molar-refractivity contribution in [1.82, 2.24) is 14.8 Å². The van der Waals surface area contributed by atoms with Crippen LogP contribution in [0.25, 0.3) is 0 Å². The third-order valence-electron chi connectivity index (χ3n) is 8.04. The number of amides is 2. The summed E-state index contributed by atoms with van der Waals surface area (Å²) in [7, 11) is 2.09. The van der Waals surface area contributed by atoms with E-state index in [1.165, 1.54) is 5.56 Å². The summed E-state index contributed by atoms with van der Waals surface area (Å²) in [6.45, 7) is 8.24. The van der Waals surface area contributed by atoms with Crippen LogP contribution < -0.4 is 10.1 Å². The lowest BCUT2D eigenvalue weighted by Crippen LogP contribution is -2.47.